The van der Waals surface area contributed by atoms with Gasteiger partial charge in [-0.15, -0.1) is 10.2 Å². The Hall–Kier alpha value is -2.17. The molecule has 0 saturated carbocycles. The highest BCUT2D eigenvalue weighted by Gasteiger charge is 2.24. The average Bonchev–Trinajstić information content (AvgIpc) is 2.93. The van der Waals surface area contributed by atoms with Crippen LogP contribution in [0.1, 0.15) is 29.8 Å². The van der Waals surface area contributed by atoms with E-state index in [1.165, 1.54) is 5.56 Å². The van der Waals surface area contributed by atoms with Crippen molar-refractivity contribution in [2.24, 2.45) is 13.0 Å². The van der Waals surface area contributed by atoms with Gasteiger partial charge < -0.3 is 9.47 Å². The molecule has 23 heavy (non-hydrogen) atoms. The fourth-order valence-electron chi connectivity index (χ4n) is 3.32. The van der Waals surface area contributed by atoms with Gasteiger partial charge in [-0.3, -0.25) is 4.79 Å². The summed E-state index contributed by atoms with van der Waals surface area (Å²) in [5.41, 5.74) is 2.31. The summed E-state index contributed by atoms with van der Waals surface area (Å²) in [4.78, 5) is 14.6. The van der Waals surface area contributed by atoms with E-state index in [2.05, 4.69) is 29.3 Å². The number of aromatic nitrogens is 3. The SMILES string of the molecule is Cc1cccc(CC(=O)N2CCCC(Cc3nncn3C)C2)c1. The molecular weight excluding hydrogens is 288 g/mol. The third-order valence-corrected chi connectivity index (χ3v) is 4.59. The molecule has 0 spiro atoms. The van der Waals surface area contributed by atoms with Crippen LogP contribution in [0.5, 0.6) is 0 Å². The Bertz CT molecular complexity index is 679. The lowest BCUT2D eigenvalue weighted by molar-refractivity contribution is -0.132. The van der Waals surface area contributed by atoms with Gasteiger partial charge in [0.05, 0.1) is 6.42 Å². The summed E-state index contributed by atoms with van der Waals surface area (Å²) in [5.74, 6) is 1.72. The van der Waals surface area contributed by atoms with E-state index in [0.717, 1.165) is 43.7 Å². The van der Waals surface area contributed by atoms with Crippen molar-refractivity contribution >= 4 is 5.91 Å². The van der Waals surface area contributed by atoms with Crippen molar-refractivity contribution in [3.05, 3.63) is 47.5 Å². The number of aryl methyl sites for hydroxylation is 2. The highest BCUT2D eigenvalue weighted by molar-refractivity contribution is 5.78. The summed E-state index contributed by atoms with van der Waals surface area (Å²) in [6, 6.07) is 8.21. The zero-order valence-corrected chi connectivity index (χ0v) is 13.9. The minimum Gasteiger partial charge on any atom is -0.342 e. The van der Waals surface area contributed by atoms with E-state index in [-0.39, 0.29) is 5.91 Å². The van der Waals surface area contributed by atoms with Crippen molar-refractivity contribution in [1.29, 1.82) is 0 Å². The first kappa shape index (κ1) is 15.7. The molecule has 1 amide bonds. The van der Waals surface area contributed by atoms with Crippen LogP contribution in [0.25, 0.3) is 0 Å². The van der Waals surface area contributed by atoms with E-state index in [0.29, 0.717) is 12.3 Å². The normalized spacial score (nSPS) is 18.2. The second kappa shape index (κ2) is 6.94. The van der Waals surface area contributed by atoms with Crippen LogP contribution in [0.15, 0.2) is 30.6 Å². The van der Waals surface area contributed by atoms with Gasteiger partial charge in [0, 0.05) is 26.6 Å². The topological polar surface area (TPSA) is 51.0 Å². The van der Waals surface area contributed by atoms with E-state index >= 15 is 0 Å². The van der Waals surface area contributed by atoms with Gasteiger partial charge in [0.25, 0.3) is 0 Å². The maximum atomic E-state index is 12.6. The quantitative estimate of drug-likeness (QED) is 0.869. The molecule has 5 heteroatoms. The number of nitrogens with zero attached hydrogens (tertiary/aromatic N) is 4. The number of carbonyl (C=O) groups is 1. The predicted molar refractivity (Wildman–Crippen MR) is 88.9 cm³/mol. The third-order valence-electron chi connectivity index (χ3n) is 4.59. The molecule has 3 rings (SSSR count). The molecule has 1 atom stereocenters. The summed E-state index contributed by atoms with van der Waals surface area (Å²) >= 11 is 0. The monoisotopic (exact) mass is 312 g/mol. The second-order valence-corrected chi connectivity index (χ2v) is 6.58. The van der Waals surface area contributed by atoms with Crippen molar-refractivity contribution < 1.29 is 4.79 Å². The summed E-state index contributed by atoms with van der Waals surface area (Å²) in [6.45, 7) is 3.77. The molecule has 2 heterocycles. The largest absolute Gasteiger partial charge is 0.342 e. The first-order chi connectivity index (χ1) is 11.1. The summed E-state index contributed by atoms with van der Waals surface area (Å²) in [5, 5.41) is 8.10. The van der Waals surface area contributed by atoms with E-state index in [9.17, 15) is 4.79 Å². The van der Waals surface area contributed by atoms with E-state index in [1.807, 2.05) is 28.6 Å². The standard InChI is InChI=1S/C18H24N4O/c1-14-5-3-6-15(9-14)11-18(23)22-8-4-7-16(12-22)10-17-20-19-13-21(17)2/h3,5-6,9,13,16H,4,7-8,10-12H2,1-2H3. The summed E-state index contributed by atoms with van der Waals surface area (Å²) in [7, 11) is 1.97. The van der Waals surface area contributed by atoms with Crippen molar-refractivity contribution in [1.82, 2.24) is 19.7 Å². The first-order valence-electron chi connectivity index (χ1n) is 8.28. The van der Waals surface area contributed by atoms with Crippen LogP contribution in [0.4, 0.5) is 0 Å². The maximum absolute atomic E-state index is 12.6. The molecular formula is C18H24N4O. The first-order valence-corrected chi connectivity index (χ1v) is 8.28. The van der Waals surface area contributed by atoms with Crippen molar-refractivity contribution in [3.63, 3.8) is 0 Å². The Morgan fingerprint density at radius 3 is 3.00 bits per heavy atom. The Morgan fingerprint density at radius 2 is 2.26 bits per heavy atom. The van der Waals surface area contributed by atoms with Gasteiger partial charge in [-0.2, -0.15) is 0 Å². The average molecular weight is 312 g/mol. The van der Waals surface area contributed by atoms with E-state index in [4.69, 9.17) is 0 Å². The van der Waals surface area contributed by atoms with Gasteiger partial charge in [-0.05, 0) is 31.2 Å². The Labute approximate surface area is 137 Å². The molecule has 1 aliphatic rings. The molecule has 0 bridgehead atoms. The van der Waals surface area contributed by atoms with Crippen molar-refractivity contribution in [2.45, 2.75) is 32.6 Å². The second-order valence-electron chi connectivity index (χ2n) is 6.58. The van der Waals surface area contributed by atoms with Gasteiger partial charge in [-0.25, -0.2) is 0 Å². The van der Waals surface area contributed by atoms with E-state index < -0.39 is 0 Å². The molecule has 1 aliphatic heterocycles. The smallest absolute Gasteiger partial charge is 0.226 e. The van der Waals surface area contributed by atoms with Crippen molar-refractivity contribution in [2.75, 3.05) is 13.1 Å². The molecule has 1 fully saturated rings. The van der Waals surface area contributed by atoms with Crippen LogP contribution in [-0.4, -0.2) is 38.7 Å². The molecule has 122 valence electrons. The number of amides is 1. The highest BCUT2D eigenvalue weighted by atomic mass is 16.2. The van der Waals surface area contributed by atoms with Crippen LogP contribution >= 0.6 is 0 Å². The fraction of sp³-hybridized carbons (Fsp3) is 0.500. The van der Waals surface area contributed by atoms with Crippen LogP contribution in [0.2, 0.25) is 0 Å². The highest BCUT2D eigenvalue weighted by Crippen LogP contribution is 2.21. The number of hydrogen-bond donors (Lipinski definition) is 0. The van der Waals surface area contributed by atoms with Gasteiger partial charge in [0.2, 0.25) is 5.91 Å². The Kier molecular flexibility index (Phi) is 4.74. The molecule has 0 radical (unpaired) electrons. The minimum atomic E-state index is 0.235. The lowest BCUT2D eigenvalue weighted by Crippen LogP contribution is -2.41. The molecule has 1 aromatic heterocycles. The molecule has 1 aromatic carbocycles. The number of hydrogen-bond acceptors (Lipinski definition) is 3. The van der Waals surface area contributed by atoms with Gasteiger partial charge in [0.1, 0.15) is 12.2 Å². The lowest BCUT2D eigenvalue weighted by atomic mass is 9.94. The van der Waals surface area contributed by atoms with Gasteiger partial charge in [-0.1, -0.05) is 29.8 Å². The van der Waals surface area contributed by atoms with Gasteiger partial charge >= 0.3 is 0 Å². The maximum Gasteiger partial charge on any atom is 0.226 e. The molecule has 0 aliphatic carbocycles. The van der Waals surface area contributed by atoms with Crippen LogP contribution in [0, 0.1) is 12.8 Å². The fourth-order valence-corrected chi connectivity index (χ4v) is 3.32. The Morgan fingerprint density at radius 1 is 1.39 bits per heavy atom. The lowest BCUT2D eigenvalue weighted by Gasteiger charge is -2.32. The van der Waals surface area contributed by atoms with E-state index in [1.54, 1.807) is 6.33 Å². The number of benzene rings is 1. The predicted octanol–water partition coefficient (Wildman–Crippen LogP) is 2.15. The molecule has 2 aromatic rings. The molecule has 0 N–H and O–H groups in total. The van der Waals surface area contributed by atoms with Crippen molar-refractivity contribution in [3.8, 4) is 0 Å². The molecule has 1 saturated heterocycles. The van der Waals surface area contributed by atoms with Crippen LogP contribution in [-0.2, 0) is 24.7 Å². The van der Waals surface area contributed by atoms with Crippen LogP contribution < -0.4 is 0 Å². The molecule has 1 unspecified atom stereocenters. The van der Waals surface area contributed by atoms with Gasteiger partial charge in [0.15, 0.2) is 0 Å². The molecule has 5 nitrogen and oxygen atoms in total. The number of likely N-dealkylation sites (tertiary alicyclic amines) is 1. The number of piperidine rings is 1. The zero-order valence-electron chi connectivity index (χ0n) is 13.9. The van der Waals surface area contributed by atoms with Crippen LogP contribution in [0.3, 0.4) is 0 Å². The zero-order chi connectivity index (χ0) is 16.2. The minimum absolute atomic E-state index is 0.235. The number of carbonyl (C=O) groups excluding carboxylic acids is 1. The number of rotatable bonds is 4. The Balaban J connectivity index is 1.59. The summed E-state index contributed by atoms with van der Waals surface area (Å²) in [6.07, 6.45) is 5.35. The summed E-state index contributed by atoms with van der Waals surface area (Å²) < 4.78 is 1.97. The third kappa shape index (κ3) is 3.97.